The number of hydrogen-bond acceptors (Lipinski definition) is 2. The highest BCUT2D eigenvalue weighted by Gasteiger charge is 2.36. The molecule has 1 saturated heterocycles. The molecular formula is C19H19NO3. The van der Waals surface area contributed by atoms with Crippen LogP contribution in [0, 0.1) is 5.92 Å². The maximum absolute atomic E-state index is 12.5. The van der Waals surface area contributed by atoms with Crippen molar-refractivity contribution in [1.82, 2.24) is 4.90 Å². The van der Waals surface area contributed by atoms with Crippen molar-refractivity contribution in [3.05, 3.63) is 71.8 Å². The Hall–Kier alpha value is -2.62. The van der Waals surface area contributed by atoms with E-state index in [1.165, 1.54) is 4.90 Å². The minimum atomic E-state index is -0.956. The zero-order valence-corrected chi connectivity index (χ0v) is 12.8. The molecule has 0 bridgehead atoms. The Morgan fingerprint density at radius 1 is 1.00 bits per heavy atom. The van der Waals surface area contributed by atoms with Crippen LogP contribution >= 0.6 is 0 Å². The number of nitrogens with zero attached hydrogens (tertiary/aromatic N) is 1. The standard InChI is InChI=1S/C19H19NO3/c21-17-11-12-20(19(22)23)13-16(17)18(14-7-3-1-4-8-14)15-9-5-2-6-10-15/h1-10,16,18H,11-13H2,(H,22,23). The van der Waals surface area contributed by atoms with Gasteiger partial charge >= 0.3 is 6.09 Å². The molecule has 1 heterocycles. The number of piperidine rings is 1. The Labute approximate surface area is 135 Å². The molecule has 1 amide bonds. The van der Waals surface area contributed by atoms with Crippen LogP contribution in [0.3, 0.4) is 0 Å². The highest BCUT2D eigenvalue weighted by Crippen LogP contribution is 2.35. The predicted molar refractivity (Wildman–Crippen MR) is 87.4 cm³/mol. The lowest BCUT2D eigenvalue weighted by atomic mass is 9.76. The molecule has 0 spiro atoms. The van der Waals surface area contributed by atoms with E-state index in [-0.39, 0.29) is 30.6 Å². The fraction of sp³-hybridized carbons (Fsp3) is 0.263. The molecule has 1 aliphatic heterocycles. The number of carbonyl (C=O) groups is 2. The van der Waals surface area contributed by atoms with E-state index < -0.39 is 6.09 Å². The van der Waals surface area contributed by atoms with Gasteiger partial charge in [-0.15, -0.1) is 0 Å². The summed E-state index contributed by atoms with van der Waals surface area (Å²) in [4.78, 5) is 25.2. The van der Waals surface area contributed by atoms with Crippen LogP contribution in [0.25, 0.3) is 0 Å². The number of hydrogen-bond donors (Lipinski definition) is 1. The summed E-state index contributed by atoms with van der Waals surface area (Å²) in [6, 6.07) is 19.7. The molecule has 1 unspecified atom stereocenters. The second-order valence-electron chi connectivity index (χ2n) is 5.85. The van der Waals surface area contributed by atoms with Gasteiger partial charge in [-0.1, -0.05) is 60.7 Å². The minimum absolute atomic E-state index is 0.118. The second kappa shape index (κ2) is 6.65. The van der Waals surface area contributed by atoms with Crippen molar-refractivity contribution in [2.45, 2.75) is 12.3 Å². The number of benzene rings is 2. The van der Waals surface area contributed by atoms with Crippen LogP contribution in [-0.4, -0.2) is 35.0 Å². The summed E-state index contributed by atoms with van der Waals surface area (Å²) in [5, 5.41) is 9.28. The summed E-state index contributed by atoms with van der Waals surface area (Å²) in [5.41, 5.74) is 2.09. The van der Waals surface area contributed by atoms with Gasteiger partial charge in [-0.05, 0) is 11.1 Å². The molecule has 2 aromatic carbocycles. The first-order chi connectivity index (χ1) is 11.2. The summed E-state index contributed by atoms with van der Waals surface area (Å²) in [7, 11) is 0. The van der Waals surface area contributed by atoms with E-state index in [2.05, 4.69) is 0 Å². The van der Waals surface area contributed by atoms with Crippen molar-refractivity contribution in [2.75, 3.05) is 13.1 Å². The molecule has 2 aromatic rings. The first-order valence-corrected chi connectivity index (χ1v) is 7.77. The maximum atomic E-state index is 12.5. The van der Waals surface area contributed by atoms with Gasteiger partial charge in [0.15, 0.2) is 0 Å². The van der Waals surface area contributed by atoms with Gasteiger partial charge in [0.25, 0.3) is 0 Å². The monoisotopic (exact) mass is 309 g/mol. The topological polar surface area (TPSA) is 57.6 Å². The van der Waals surface area contributed by atoms with E-state index in [4.69, 9.17) is 0 Å². The Morgan fingerprint density at radius 3 is 2.00 bits per heavy atom. The number of Topliss-reactive ketones (excluding diaryl/α,β-unsaturated/α-hetero) is 1. The molecule has 0 aliphatic carbocycles. The molecule has 3 rings (SSSR count). The molecule has 0 aromatic heterocycles. The van der Waals surface area contributed by atoms with Crippen molar-refractivity contribution in [2.24, 2.45) is 5.92 Å². The molecule has 4 heteroatoms. The fourth-order valence-corrected chi connectivity index (χ4v) is 3.30. The first kappa shape index (κ1) is 15.3. The van der Waals surface area contributed by atoms with Crippen molar-refractivity contribution in [3.63, 3.8) is 0 Å². The summed E-state index contributed by atoms with van der Waals surface area (Å²) in [5.74, 6) is -0.322. The lowest BCUT2D eigenvalue weighted by Gasteiger charge is -2.35. The van der Waals surface area contributed by atoms with Gasteiger partial charge in [0.1, 0.15) is 5.78 Å². The average Bonchev–Trinajstić information content (AvgIpc) is 2.58. The van der Waals surface area contributed by atoms with Gasteiger partial charge in [0.05, 0.1) is 0 Å². The van der Waals surface area contributed by atoms with Crippen molar-refractivity contribution in [3.8, 4) is 0 Å². The van der Waals surface area contributed by atoms with E-state index in [0.717, 1.165) is 11.1 Å². The molecule has 1 N–H and O–H groups in total. The third-order valence-corrected chi connectivity index (χ3v) is 4.45. The van der Waals surface area contributed by atoms with E-state index >= 15 is 0 Å². The Balaban J connectivity index is 2.01. The molecule has 0 saturated carbocycles. The predicted octanol–water partition coefficient (Wildman–Crippen LogP) is 3.39. The number of amides is 1. The van der Waals surface area contributed by atoms with Gasteiger partial charge in [-0.3, -0.25) is 4.79 Å². The third kappa shape index (κ3) is 3.26. The van der Waals surface area contributed by atoms with Crippen LogP contribution in [0.1, 0.15) is 23.5 Å². The Bertz CT molecular complexity index is 645. The SMILES string of the molecule is O=C1CCN(C(=O)O)CC1C(c1ccccc1)c1ccccc1. The number of carbonyl (C=O) groups excluding carboxylic acids is 1. The molecule has 118 valence electrons. The normalized spacial score (nSPS) is 18.2. The summed E-state index contributed by atoms with van der Waals surface area (Å²) in [6.45, 7) is 0.545. The lowest BCUT2D eigenvalue weighted by molar-refractivity contribution is -0.126. The smallest absolute Gasteiger partial charge is 0.407 e. The molecule has 1 aliphatic rings. The number of carboxylic acid groups (broad SMARTS) is 1. The largest absolute Gasteiger partial charge is 0.465 e. The highest BCUT2D eigenvalue weighted by molar-refractivity contribution is 5.85. The molecule has 1 fully saturated rings. The molecule has 1 atom stereocenters. The van der Waals surface area contributed by atoms with Crippen LogP contribution in [0.2, 0.25) is 0 Å². The van der Waals surface area contributed by atoms with Crippen LogP contribution in [0.15, 0.2) is 60.7 Å². The van der Waals surface area contributed by atoms with Crippen LogP contribution in [-0.2, 0) is 4.79 Å². The fourth-order valence-electron chi connectivity index (χ4n) is 3.30. The molecule has 4 nitrogen and oxygen atoms in total. The molecular weight excluding hydrogens is 290 g/mol. The third-order valence-electron chi connectivity index (χ3n) is 4.45. The van der Waals surface area contributed by atoms with Crippen LogP contribution in [0.5, 0.6) is 0 Å². The highest BCUT2D eigenvalue weighted by atomic mass is 16.4. The number of ketones is 1. The van der Waals surface area contributed by atoms with E-state index in [1.807, 2.05) is 60.7 Å². The lowest BCUT2D eigenvalue weighted by Crippen LogP contribution is -2.45. The minimum Gasteiger partial charge on any atom is -0.465 e. The van der Waals surface area contributed by atoms with Crippen molar-refractivity contribution >= 4 is 11.9 Å². The van der Waals surface area contributed by atoms with Gasteiger partial charge in [-0.25, -0.2) is 4.79 Å². The maximum Gasteiger partial charge on any atom is 0.407 e. The quantitative estimate of drug-likeness (QED) is 0.945. The van der Waals surface area contributed by atoms with Crippen molar-refractivity contribution < 1.29 is 14.7 Å². The van der Waals surface area contributed by atoms with Gasteiger partial charge in [0, 0.05) is 31.3 Å². The average molecular weight is 309 g/mol. The molecule has 0 radical (unpaired) electrons. The first-order valence-electron chi connectivity index (χ1n) is 7.77. The Kier molecular flexibility index (Phi) is 4.42. The molecule has 23 heavy (non-hydrogen) atoms. The Morgan fingerprint density at radius 2 is 1.52 bits per heavy atom. The van der Waals surface area contributed by atoms with Gasteiger partial charge in [-0.2, -0.15) is 0 Å². The van der Waals surface area contributed by atoms with Crippen LogP contribution < -0.4 is 0 Å². The zero-order chi connectivity index (χ0) is 16.2. The van der Waals surface area contributed by atoms with Gasteiger partial charge < -0.3 is 10.0 Å². The van der Waals surface area contributed by atoms with E-state index in [9.17, 15) is 14.7 Å². The summed E-state index contributed by atoms with van der Waals surface area (Å²) < 4.78 is 0. The van der Waals surface area contributed by atoms with E-state index in [0.29, 0.717) is 6.54 Å². The van der Waals surface area contributed by atoms with E-state index in [1.54, 1.807) is 0 Å². The van der Waals surface area contributed by atoms with Crippen molar-refractivity contribution in [1.29, 1.82) is 0 Å². The van der Waals surface area contributed by atoms with Gasteiger partial charge in [0.2, 0.25) is 0 Å². The summed E-state index contributed by atoms with van der Waals surface area (Å²) >= 11 is 0. The summed E-state index contributed by atoms with van der Waals surface area (Å²) in [6.07, 6.45) is -0.671. The number of rotatable bonds is 3. The van der Waals surface area contributed by atoms with Crippen LogP contribution in [0.4, 0.5) is 4.79 Å². The number of likely N-dealkylation sites (tertiary alicyclic amines) is 1. The zero-order valence-electron chi connectivity index (χ0n) is 12.8. The second-order valence-corrected chi connectivity index (χ2v) is 5.85.